The quantitative estimate of drug-likeness (QED) is 0.668. The number of nitrogens with one attached hydrogen (secondary N) is 1. The van der Waals surface area contributed by atoms with Crippen LogP contribution < -0.4 is 10.5 Å². The van der Waals surface area contributed by atoms with Crippen LogP contribution in [-0.2, 0) is 10.0 Å². The van der Waals surface area contributed by atoms with Gasteiger partial charge in [-0.05, 0) is 49.6 Å². The minimum absolute atomic E-state index is 0.0393. The van der Waals surface area contributed by atoms with E-state index in [0.717, 1.165) is 11.0 Å². The fourth-order valence-electron chi connectivity index (χ4n) is 1.82. The first-order chi connectivity index (χ1) is 9.83. The minimum Gasteiger partial charge on any atom is -0.399 e. The number of halogens is 1. The molecule has 0 unspecified atom stereocenters. The Hall–Kier alpha value is -1.73. The van der Waals surface area contributed by atoms with E-state index < -0.39 is 15.8 Å². The Morgan fingerprint density at radius 3 is 2.38 bits per heavy atom. The maximum atomic E-state index is 13.6. The normalized spacial score (nSPS) is 11.4. The molecule has 2 aromatic carbocycles. The van der Waals surface area contributed by atoms with Gasteiger partial charge in [0.1, 0.15) is 5.82 Å². The van der Waals surface area contributed by atoms with Gasteiger partial charge in [0, 0.05) is 21.8 Å². The van der Waals surface area contributed by atoms with Gasteiger partial charge in [-0.1, -0.05) is 0 Å². The zero-order chi connectivity index (χ0) is 15.6. The third kappa shape index (κ3) is 3.48. The SMILES string of the molecule is CSc1ccc(NS(=O)(=O)c2cc(N)cc(F)c2C)cc1. The van der Waals surface area contributed by atoms with E-state index >= 15 is 0 Å². The Morgan fingerprint density at radius 2 is 1.81 bits per heavy atom. The lowest BCUT2D eigenvalue weighted by Crippen LogP contribution is -2.15. The molecule has 0 saturated heterocycles. The predicted molar refractivity (Wildman–Crippen MR) is 84.6 cm³/mol. The van der Waals surface area contributed by atoms with Crippen molar-refractivity contribution in [2.75, 3.05) is 16.7 Å². The van der Waals surface area contributed by atoms with Crippen LogP contribution in [0.25, 0.3) is 0 Å². The Bertz CT molecular complexity index is 759. The third-order valence-electron chi connectivity index (χ3n) is 2.95. The van der Waals surface area contributed by atoms with Crippen molar-refractivity contribution in [3.05, 3.63) is 47.8 Å². The van der Waals surface area contributed by atoms with Gasteiger partial charge in [0.2, 0.25) is 0 Å². The van der Waals surface area contributed by atoms with Crippen LogP contribution in [0.3, 0.4) is 0 Å². The molecule has 0 aromatic heterocycles. The summed E-state index contributed by atoms with van der Waals surface area (Å²) in [5, 5.41) is 0. The molecule has 0 amide bonds. The van der Waals surface area contributed by atoms with Crippen LogP contribution >= 0.6 is 11.8 Å². The van der Waals surface area contributed by atoms with Crippen LogP contribution in [0.1, 0.15) is 5.56 Å². The largest absolute Gasteiger partial charge is 0.399 e. The lowest BCUT2D eigenvalue weighted by Gasteiger charge is -2.12. The lowest BCUT2D eigenvalue weighted by atomic mass is 10.2. The first-order valence-corrected chi connectivity index (χ1v) is 8.77. The lowest BCUT2D eigenvalue weighted by molar-refractivity contribution is 0.591. The Balaban J connectivity index is 2.38. The number of hydrogen-bond donors (Lipinski definition) is 2. The minimum atomic E-state index is -3.89. The summed E-state index contributed by atoms with van der Waals surface area (Å²) in [6.07, 6.45) is 1.93. The van der Waals surface area contributed by atoms with Crippen LogP contribution in [0.2, 0.25) is 0 Å². The van der Waals surface area contributed by atoms with Gasteiger partial charge < -0.3 is 5.73 Å². The molecule has 7 heteroatoms. The molecular formula is C14H15FN2O2S2. The van der Waals surface area contributed by atoms with Crippen molar-refractivity contribution in [2.24, 2.45) is 0 Å². The highest BCUT2D eigenvalue weighted by Gasteiger charge is 2.20. The fourth-order valence-corrected chi connectivity index (χ4v) is 3.58. The molecule has 0 heterocycles. The summed E-state index contributed by atoms with van der Waals surface area (Å²) in [6.45, 7) is 1.40. The highest BCUT2D eigenvalue weighted by Crippen LogP contribution is 2.25. The zero-order valence-corrected chi connectivity index (χ0v) is 13.2. The number of benzene rings is 2. The molecule has 0 radical (unpaired) electrons. The predicted octanol–water partition coefficient (Wildman–Crippen LogP) is 3.24. The Labute approximate surface area is 127 Å². The number of nitrogen functional groups attached to an aromatic ring is 1. The van der Waals surface area contributed by atoms with Crippen LogP contribution in [-0.4, -0.2) is 14.7 Å². The summed E-state index contributed by atoms with van der Waals surface area (Å²) in [7, 11) is -3.89. The monoisotopic (exact) mass is 326 g/mol. The Morgan fingerprint density at radius 1 is 1.19 bits per heavy atom. The van der Waals surface area contributed by atoms with Crippen LogP contribution in [0, 0.1) is 12.7 Å². The molecule has 0 fully saturated rings. The van der Waals surface area contributed by atoms with E-state index in [4.69, 9.17) is 5.73 Å². The molecule has 0 atom stereocenters. The number of anilines is 2. The second kappa shape index (κ2) is 5.95. The van der Waals surface area contributed by atoms with E-state index in [1.54, 1.807) is 36.0 Å². The number of rotatable bonds is 4. The second-order valence-electron chi connectivity index (χ2n) is 4.46. The van der Waals surface area contributed by atoms with Gasteiger partial charge >= 0.3 is 0 Å². The van der Waals surface area contributed by atoms with Gasteiger partial charge in [0.05, 0.1) is 4.90 Å². The average molecular weight is 326 g/mol. The van der Waals surface area contributed by atoms with Crippen molar-refractivity contribution in [1.29, 1.82) is 0 Å². The van der Waals surface area contributed by atoms with E-state index in [-0.39, 0.29) is 16.1 Å². The summed E-state index contributed by atoms with van der Waals surface area (Å²) in [5.41, 5.74) is 6.04. The molecule has 0 aliphatic heterocycles. The molecule has 0 bridgehead atoms. The van der Waals surface area contributed by atoms with Gasteiger partial charge in [-0.3, -0.25) is 4.72 Å². The molecule has 4 nitrogen and oxygen atoms in total. The highest BCUT2D eigenvalue weighted by molar-refractivity contribution is 7.98. The van der Waals surface area contributed by atoms with Crippen LogP contribution in [0.5, 0.6) is 0 Å². The molecular weight excluding hydrogens is 311 g/mol. The van der Waals surface area contributed by atoms with Gasteiger partial charge in [-0.25, -0.2) is 12.8 Å². The zero-order valence-electron chi connectivity index (χ0n) is 11.6. The van der Waals surface area contributed by atoms with Crippen molar-refractivity contribution >= 4 is 33.2 Å². The second-order valence-corrected chi connectivity index (χ2v) is 6.99. The van der Waals surface area contributed by atoms with Gasteiger partial charge in [0.15, 0.2) is 0 Å². The molecule has 112 valence electrons. The summed E-state index contributed by atoms with van der Waals surface area (Å²) in [6, 6.07) is 9.26. The Kier molecular flexibility index (Phi) is 4.43. The highest BCUT2D eigenvalue weighted by atomic mass is 32.2. The summed E-state index contributed by atoms with van der Waals surface area (Å²) in [4.78, 5) is 0.859. The van der Waals surface area contributed by atoms with Crippen molar-refractivity contribution in [3.8, 4) is 0 Å². The van der Waals surface area contributed by atoms with Crippen molar-refractivity contribution in [1.82, 2.24) is 0 Å². The first-order valence-electron chi connectivity index (χ1n) is 6.06. The average Bonchev–Trinajstić information content (AvgIpc) is 2.43. The van der Waals surface area contributed by atoms with Crippen molar-refractivity contribution in [3.63, 3.8) is 0 Å². The summed E-state index contributed by atoms with van der Waals surface area (Å²) < 4.78 is 40.7. The van der Waals surface area contributed by atoms with Gasteiger partial charge in [-0.15, -0.1) is 11.8 Å². The number of hydrogen-bond acceptors (Lipinski definition) is 4. The fraction of sp³-hybridized carbons (Fsp3) is 0.143. The smallest absolute Gasteiger partial charge is 0.262 e. The van der Waals surface area contributed by atoms with Crippen LogP contribution in [0.4, 0.5) is 15.8 Å². The standard InChI is InChI=1S/C14H15FN2O2S2/c1-9-13(15)7-10(16)8-14(9)21(18,19)17-11-3-5-12(20-2)6-4-11/h3-8,17H,16H2,1-2H3. The van der Waals surface area contributed by atoms with Crippen LogP contribution in [0.15, 0.2) is 46.2 Å². The summed E-state index contributed by atoms with van der Waals surface area (Å²) >= 11 is 1.55. The molecule has 0 aliphatic rings. The molecule has 3 N–H and O–H groups in total. The molecule has 0 spiro atoms. The molecule has 2 rings (SSSR count). The first kappa shape index (κ1) is 15.7. The van der Waals surface area contributed by atoms with E-state index in [1.807, 2.05) is 6.26 Å². The molecule has 0 saturated carbocycles. The third-order valence-corrected chi connectivity index (χ3v) is 5.20. The topological polar surface area (TPSA) is 72.2 Å². The molecule has 0 aliphatic carbocycles. The van der Waals surface area contributed by atoms with E-state index in [1.165, 1.54) is 13.0 Å². The van der Waals surface area contributed by atoms with Gasteiger partial charge in [0.25, 0.3) is 10.0 Å². The van der Waals surface area contributed by atoms with E-state index in [9.17, 15) is 12.8 Å². The maximum Gasteiger partial charge on any atom is 0.262 e. The molecule has 21 heavy (non-hydrogen) atoms. The van der Waals surface area contributed by atoms with Crippen molar-refractivity contribution in [2.45, 2.75) is 16.7 Å². The number of sulfonamides is 1. The van der Waals surface area contributed by atoms with Gasteiger partial charge in [-0.2, -0.15) is 0 Å². The van der Waals surface area contributed by atoms with E-state index in [0.29, 0.717) is 5.69 Å². The summed E-state index contributed by atoms with van der Waals surface area (Å²) in [5.74, 6) is -0.645. The van der Waals surface area contributed by atoms with Crippen molar-refractivity contribution < 1.29 is 12.8 Å². The number of nitrogens with two attached hydrogens (primary N) is 1. The molecule has 2 aromatic rings. The van der Waals surface area contributed by atoms with E-state index in [2.05, 4.69) is 4.72 Å². The maximum absolute atomic E-state index is 13.6. The number of thioether (sulfide) groups is 1.